The van der Waals surface area contributed by atoms with E-state index >= 15 is 0 Å². The number of carbonyl (C=O) groups is 1. The lowest BCUT2D eigenvalue weighted by molar-refractivity contribution is -0.122. The highest BCUT2D eigenvalue weighted by atomic mass is 35.5. The molecule has 0 aliphatic carbocycles. The number of hydrogen-bond acceptors (Lipinski definition) is 3. The average molecular weight is 383 g/mol. The van der Waals surface area contributed by atoms with Crippen molar-refractivity contribution in [2.45, 2.75) is 26.1 Å². The van der Waals surface area contributed by atoms with E-state index in [0.717, 1.165) is 11.1 Å². The monoisotopic (exact) mass is 382 g/mol. The molecule has 4 nitrogen and oxygen atoms in total. The van der Waals surface area contributed by atoms with Crippen LogP contribution in [0.25, 0.3) is 0 Å². The topological polar surface area (TPSA) is 41.6 Å². The summed E-state index contributed by atoms with van der Waals surface area (Å²) in [6, 6.07) is 13.5. The van der Waals surface area contributed by atoms with E-state index in [1.54, 1.807) is 18.2 Å². The van der Waals surface area contributed by atoms with Crippen LogP contribution in [0, 0.1) is 0 Å². The number of nitrogens with one attached hydrogen (secondary N) is 1. The van der Waals surface area contributed by atoms with Crippen molar-refractivity contribution in [1.29, 1.82) is 0 Å². The number of amides is 1. The zero-order valence-corrected chi connectivity index (χ0v) is 15.3. The van der Waals surface area contributed by atoms with Crippen LogP contribution in [0.2, 0.25) is 5.02 Å². The van der Waals surface area contributed by atoms with Crippen LogP contribution in [0.1, 0.15) is 24.1 Å². The molecule has 2 aromatic carbocycles. The third-order valence-corrected chi connectivity index (χ3v) is 4.11. The van der Waals surface area contributed by atoms with Gasteiger partial charge in [-0.25, -0.2) is 0 Å². The predicted octanol–water partition coefficient (Wildman–Crippen LogP) is 4.25. The van der Waals surface area contributed by atoms with Gasteiger partial charge in [-0.05, 0) is 43.3 Å². The molecule has 0 fully saturated rings. The lowest BCUT2D eigenvalue weighted by atomic mass is 10.1. The first kappa shape index (κ1) is 20.1. The van der Waals surface area contributed by atoms with Crippen molar-refractivity contribution in [3.8, 4) is 5.75 Å². The molecule has 7 heteroatoms. The Hall–Kier alpha value is -2.18. The van der Waals surface area contributed by atoms with Crippen molar-refractivity contribution < 1.29 is 18.3 Å². The van der Waals surface area contributed by atoms with Gasteiger partial charge in [0.05, 0.1) is 12.6 Å². The van der Waals surface area contributed by atoms with Gasteiger partial charge in [-0.3, -0.25) is 9.69 Å². The van der Waals surface area contributed by atoms with Crippen LogP contribution >= 0.6 is 11.6 Å². The molecule has 0 spiro atoms. The van der Waals surface area contributed by atoms with Gasteiger partial charge in [0.25, 0.3) is 0 Å². The van der Waals surface area contributed by atoms with Crippen LogP contribution in [-0.2, 0) is 11.3 Å². The minimum absolute atomic E-state index is 0.109. The Morgan fingerprint density at radius 3 is 2.46 bits per heavy atom. The van der Waals surface area contributed by atoms with Crippen LogP contribution in [0.4, 0.5) is 8.78 Å². The largest absolute Gasteiger partial charge is 0.435 e. The fourth-order valence-electron chi connectivity index (χ4n) is 2.58. The van der Waals surface area contributed by atoms with E-state index in [9.17, 15) is 13.6 Å². The molecule has 0 bridgehead atoms. The molecule has 0 aliphatic heterocycles. The van der Waals surface area contributed by atoms with Gasteiger partial charge in [0.1, 0.15) is 5.75 Å². The second kappa shape index (κ2) is 9.50. The average Bonchev–Trinajstić information content (AvgIpc) is 2.56. The Labute approximate surface area is 156 Å². The smallest absolute Gasteiger partial charge is 0.387 e. The molecule has 140 valence electrons. The first-order valence-corrected chi connectivity index (χ1v) is 8.49. The summed E-state index contributed by atoms with van der Waals surface area (Å²) in [6.45, 7) is -0.263. The highest BCUT2D eigenvalue weighted by molar-refractivity contribution is 6.31. The number of rotatable bonds is 8. The molecule has 1 unspecified atom stereocenters. The second-order valence-corrected chi connectivity index (χ2v) is 6.41. The second-order valence-electron chi connectivity index (χ2n) is 6.01. The van der Waals surface area contributed by atoms with E-state index in [-0.39, 0.29) is 24.2 Å². The Morgan fingerprint density at radius 1 is 1.19 bits per heavy atom. The maximum atomic E-state index is 12.2. The molecule has 0 aliphatic rings. The van der Waals surface area contributed by atoms with Gasteiger partial charge >= 0.3 is 6.61 Å². The van der Waals surface area contributed by atoms with Crippen LogP contribution in [0.3, 0.4) is 0 Å². The van der Waals surface area contributed by atoms with Gasteiger partial charge in [-0.1, -0.05) is 41.9 Å². The molecule has 1 N–H and O–H groups in total. The summed E-state index contributed by atoms with van der Waals surface area (Å²) in [5, 5.41) is 3.53. The van der Waals surface area contributed by atoms with Gasteiger partial charge in [-0.2, -0.15) is 8.78 Å². The van der Waals surface area contributed by atoms with E-state index in [4.69, 9.17) is 11.6 Å². The Balaban J connectivity index is 1.84. The number of benzene rings is 2. The van der Waals surface area contributed by atoms with Crippen molar-refractivity contribution in [3.63, 3.8) is 0 Å². The van der Waals surface area contributed by atoms with Crippen molar-refractivity contribution in [3.05, 3.63) is 64.7 Å². The number of carbonyl (C=O) groups excluding carboxylic acids is 1. The fraction of sp³-hybridized carbons (Fsp3) is 0.316. The summed E-state index contributed by atoms with van der Waals surface area (Å²) in [7, 11) is 1.81. The van der Waals surface area contributed by atoms with Crippen LogP contribution < -0.4 is 10.1 Å². The van der Waals surface area contributed by atoms with Crippen molar-refractivity contribution in [2.75, 3.05) is 13.6 Å². The van der Waals surface area contributed by atoms with E-state index in [1.165, 1.54) is 12.1 Å². The maximum absolute atomic E-state index is 12.2. The van der Waals surface area contributed by atoms with Crippen molar-refractivity contribution in [1.82, 2.24) is 10.2 Å². The molecule has 2 aromatic rings. The minimum Gasteiger partial charge on any atom is -0.435 e. The standard InChI is InChI=1S/C19H21ClF2N2O2/c1-13(16-5-3-4-6-17(16)20)23-18(25)12-24(2)11-14-7-9-15(10-8-14)26-19(21)22/h3-10,13,19H,11-12H2,1-2H3,(H,23,25). The molecular weight excluding hydrogens is 362 g/mol. The van der Waals surface area contributed by atoms with E-state index in [0.29, 0.717) is 11.6 Å². The summed E-state index contributed by atoms with van der Waals surface area (Å²) in [5.41, 5.74) is 1.75. The highest BCUT2D eigenvalue weighted by Crippen LogP contribution is 2.22. The van der Waals surface area contributed by atoms with Gasteiger partial charge in [0.2, 0.25) is 5.91 Å². The normalized spacial score (nSPS) is 12.3. The number of ether oxygens (including phenoxy) is 1. The lowest BCUT2D eigenvalue weighted by Crippen LogP contribution is -2.36. The number of hydrogen-bond donors (Lipinski definition) is 1. The van der Waals surface area contributed by atoms with E-state index < -0.39 is 6.61 Å². The molecule has 2 rings (SSSR count). The molecule has 1 amide bonds. The first-order chi connectivity index (χ1) is 12.3. The summed E-state index contributed by atoms with van der Waals surface area (Å²) < 4.78 is 28.6. The molecule has 0 aromatic heterocycles. The summed E-state index contributed by atoms with van der Waals surface area (Å²) in [5.74, 6) is -0.0183. The SMILES string of the molecule is CC(NC(=O)CN(C)Cc1ccc(OC(F)F)cc1)c1ccccc1Cl. The van der Waals surface area contributed by atoms with Crippen molar-refractivity contribution >= 4 is 17.5 Å². The molecule has 26 heavy (non-hydrogen) atoms. The van der Waals surface area contributed by atoms with Gasteiger partial charge < -0.3 is 10.1 Å². The predicted molar refractivity (Wildman–Crippen MR) is 97.4 cm³/mol. The van der Waals surface area contributed by atoms with E-state index in [1.807, 2.05) is 37.1 Å². The fourth-order valence-corrected chi connectivity index (χ4v) is 2.88. The molecule has 1 atom stereocenters. The lowest BCUT2D eigenvalue weighted by Gasteiger charge is -2.20. The van der Waals surface area contributed by atoms with Gasteiger partial charge in [0.15, 0.2) is 0 Å². The van der Waals surface area contributed by atoms with Crippen LogP contribution in [-0.4, -0.2) is 31.0 Å². The number of halogens is 3. The summed E-state index contributed by atoms with van der Waals surface area (Å²) in [6.07, 6.45) is 0. The Kier molecular flexibility index (Phi) is 7.36. The van der Waals surface area contributed by atoms with Crippen LogP contribution in [0.15, 0.2) is 48.5 Å². The summed E-state index contributed by atoms with van der Waals surface area (Å²) >= 11 is 6.14. The Morgan fingerprint density at radius 2 is 1.85 bits per heavy atom. The molecule has 0 saturated carbocycles. The van der Waals surface area contributed by atoms with Gasteiger partial charge in [-0.15, -0.1) is 0 Å². The number of likely N-dealkylation sites (N-methyl/N-ethyl adjacent to an activating group) is 1. The number of alkyl halides is 2. The third-order valence-electron chi connectivity index (χ3n) is 3.76. The van der Waals surface area contributed by atoms with Crippen LogP contribution in [0.5, 0.6) is 5.75 Å². The molecular formula is C19H21ClF2N2O2. The molecule has 0 saturated heterocycles. The quantitative estimate of drug-likeness (QED) is 0.742. The Bertz CT molecular complexity index is 726. The first-order valence-electron chi connectivity index (χ1n) is 8.11. The zero-order chi connectivity index (χ0) is 19.1. The molecule has 0 radical (unpaired) electrons. The highest BCUT2D eigenvalue weighted by Gasteiger charge is 2.14. The summed E-state index contributed by atoms with van der Waals surface area (Å²) in [4.78, 5) is 14.0. The van der Waals surface area contributed by atoms with Gasteiger partial charge in [0, 0.05) is 11.6 Å². The minimum atomic E-state index is -2.84. The van der Waals surface area contributed by atoms with E-state index in [2.05, 4.69) is 10.1 Å². The maximum Gasteiger partial charge on any atom is 0.387 e. The third kappa shape index (κ3) is 6.28. The zero-order valence-electron chi connectivity index (χ0n) is 14.6. The number of nitrogens with zero attached hydrogens (tertiary/aromatic N) is 1. The molecule has 0 heterocycles. The van der Waals surface area contributed by atoms with Crippen molar-refractivity contribution in [2.24, 2.45) is 0 Å².